The van der Waals surface area contributed by atoms with E-state index in [9.17, 15) is 8.42 Å². The molecule has 0 bridgehead atoms. The van der Waals surface area contributed by atoms with Crippen molar-refractivity contribution in [2.24, 2.45) is 0 Å². The van der Waals surface area contributed by atoms with Crippen LogP contribution in [-0.4, -0.2) is 34.4 Å². The number of fused-ring (bicyclic) bond motifs is 1. The van der Waals surface area contributed by atoms with Crippen LogP contribution in [0.5, 0.6) is 0 Å². The lowest BCUT2D eigenvalue weighted by atomic mass is 10.0. The van der Waals surface area contributed by atoms with E-state index in [4.69, 9.17) is 0 Å². The summed E-state index contributed by atoms with van der Waals surface area (Å²) in [6.07, 6.45) is 1.97. The molecule has 0 saturated carbocycles. The van der Waals surface area contributed by atoms with Crippen molar-refractivity contribution in [3.8, 4) is 0 Å². The predicted octanol–water partition coefficient (Wildman–Crippen LogP) is 0.520. The number of nitrogens with zero attached hydrogens (tertiary/aromatic N) is 3. The lowest BCUT2D eigenvalue weighted by Gasteiger charge is -2.27. The highest BCUT2D eigenvalue weighted by Crippen LogP contribution is 2.21. The third-order valence-electron chi connectivity index (χ3n) is 3.08. The largest absolute Gasteiger partial charge is 0.304 e. The second-order valence-electron chi connectivity index (χ2n) is 4.29. The number of hydrogen-bond donors (Lipinski definition) is 2. The molecule has 0 aliphatic carbocycles. The SMILES string of the molecule is O=S(=O)(Nc1ncn[nH]1)N1CCc2ccccc2C1. The Bertz CT molecular complexity index is 668. The highest BCUT2D eigenvalue weighted by molar-refractivity contribution is 7.90. The van der Waals surface area contributed by atoms with Crippen LogP contribution in [0.25, 0.3) is 0 Å². The molecular formula is C11H13N5O2S. The summed E-state index contributed by atoms with van der Waals surface area (Å²) in [6, 6.07) is 7.86. The number of aromatic amines is 1. The standard InChI is InChI=1S/C11H13N5O2S/c17-19(18,15-11-12-8-13-14-11)16-6-5-9-3-1-2-4-10(9)7-16/h1-4,8H,5-7H2,(H2,12,13,14,15). The topological polar surface area (TPSA) is 91.0 Å². The van der Waals surface area contributed by atoms with Gasteiger partial charge in [-0.15, -0.1) is 0 Å². The lowest BCUT2D eigenvalue weighted by molar-refractivity contribution is 0.394. The van der Waals surface area contributed by atoms with Gasteiger partial charge in [0.25, 0.3) is 0 Å². The minimum atomic E-state index is -3.60. The van der Waals surface area contributed by atoms with Crippen LogP contribution in [0.15, 0.2) is 30.6 Å². The Kier molecular flexibility index (Phi) is 2.96. The van der Waals surface area contributed by atoms with Gasteiger partial charge in [-0.25, -0.2) is 9.82 Å². The number of H-pyrrole nitrogens is 1. The first kappa shape index (κ1) is 12.1. The van der Waals surface area contributed by atoms with E-state index in [2.05, 4.69) is 19.9 Å². The fourth-order valence-electron chi connectivity index (χ4n) is 2.12. The first-order valence-electron chi connectivity index (χ1n) is 5.85. The van der Waals surface area contributed by atoms with Gasteiger partial charge in [-0.2, -0.15) is 22.8 Å². The van der Waals surface area contributed by atoms with Crippen LogP contribution in [0, 0.1) is 0 Å². The molecule has 0 unspecified atom stereocenters. The van der Waals surface area contributed by atoms with Gasteiger partial charge in [-0.3, -0.25) is 0 Å². The second kappa shape index (κ2) is 4.63. The van der Waals surface area contributed by atoms with Gasteiger partial charge in [-0.1, -0.05) is 24.3 Å². The Hall–Kier alpha value is -1.93. The molecule has 0 saturated heterocycles. The van der Waals surface area contributed by atoms with Gasteiger partial charge in [-0.05, 0) is 17.5 Å². The van der Waals surface area contributed by atoms with Crippen molar-refractivity contribution >= 4 is 16.2 Å². The predicted molar refractivity (Wildman–Crippen MR) is 69.5 cm³/mol. The fourth-order valence-corrected chi connectivity index (χ4v) is 3.23. The van der Waals surface area contributed by atoms with Crippen molar-refractivity contribution in [3.05, 3.63) is 41.7 Å². The monoisotopic (exact) mass is 279 g/mol. The number of hydrogen-bond acceptors (Lipinski definition) is 4. The number of aromatic nitrogens is 3. The molecule has 1 aromatic carbocycles. The van der Waals surface area contributed by atoms with Gasteiger partial charge in [0, 0.05) is 13.1 Å². The summed E-state index contributed by atoms with van der Waals surface area (Å²) in [5.41, 5.74) is 2.24. The van der Waals surface area contributed by atoms with Crippen LogP contribution in [-0.2, 0) is 23.2 Å². The molecule has 2 aromatic rings. The summed E-state index contributed by atoms with van der Waals surface area (Å²) < 4.78 is 28.1. The molecular weight excluding hydrogens is 266 g/mol. The summed E-state index contributed by atoms with van der Waals surface area (Å²) in [6.45, 7) is 0.833. The van der Waals surface area contributed by atoms with Crippen molar-refractivity contribution in [2.45, 2.75) is 13.0 Å². The third kappa shape index (κ3) is 2.45. The van der Waals surface area contributed by atoms with E-state index in [1.165, 1.54) is 16.2 Å². The van der Waals surface area contributed by atoms with Crippen LogP contribution < -0.4 is 4.72 Å². The van der Waals surface area contributed by atoms with Crippen LogP contribution in [0.3, 0.4) is 0 Å². The van der Waals surface area contributed by atoms with Crippen molar-refractivity contribution in [3.63, 3.8) is 0 Å². The summed E-state index contributed by atoms with van der Waals surface area (Å²) in [5, 5.41) is 6.08. The van der Waals surface area contributed by atoms with Crippen LogP contribution in [0.4, 0.5) is 5.95 Å². The van der Waals surface area contributed by atoms with E-state index >= 15 is 0 Å². The van der Waals surface area contributed by atoms with E-state index in [-0.39, 0.29) is 5.95 Å². The smallest absolute Gasteiger partial charge is 0.245 e. The summed E-state index contributed by atoms with van der Waals surface area (Å²) >= 11 is 0. The van der Waals surface area contributed by atoms with Gasteiger partial charge >= 0.3 is 10.2 Å². The van der Waals surface area contributed by atoms with E-state index in [1.807, 2.05) is 24.3 Å². The van der Waals surface area contributed by atoms with Crippen molar-refractivity contribution in [2.75, 3.05) is 11.3 Å². The Morgan fingerprint density at radius 2 is 2.05 bits per heavy atom. The van der Waals surface area contributed by atoms with Gasteiger partial charge in [0.05, 0.1) is 0 Å². The number of rotatable bonds is 3. The number of nitrogens with one attached hydrogen (secondary N) is 2. The van der Waals surface area contributed by atoms with Crippen molar-refractivity contribution in [1.29, 1.82) is 0 Å². The van der Waals surface area contributed by atoms with Crippen molar-refractivity contribution < 1.29 is 8.42 Å². The Morgan fingerprint density at radius 3 is 2.79 bits per heavy atom. The lowest BCUT2D eigenvalue weighted by Crippen LogP contribution is -2.39. The quantitative estimate of drug-likeness (QED) is 0.857. The first-order chi connectivity index (χ1) is 9.15. The highest BCUT2D eigenvalue weighted by Gasteiger charge is 2.26. The van der Waals surface area contributed by atoms with E-state index < -0.39 is 10.2 Å². The molecule has 2 N–H and O–H groups in total. The Labute approximate surface area is 110 Å². The van der Waals surface area contributed by atoms with Gasteiger partial charge in [0.2, 0.25) is 5.95 Å². The molecule has 1 aromatic heterocycles. The molecule has 0 radical (unpaired) electrons. The Balaban J connectivity index is 1.80. The average molecular weight is 279 g/mol. The molecule has 1 aliphatic rings. The van der Waals surface area contributed by atoms with Gasteiger partial charge in [0.15, 0.2) is 0 Å². The molecule has 100 valence electrons. The average Bonchev–Trinajstić information content (AvgIpc) is 2.90. The number of anilines is 1. The van der Waals surface area contributed by atoms with Gasteiger partial charge in [0.1, 0.15) is 6.33 Å². The maximum atomic E-state index is 12.2. The second-order valence-corrected chi connectivity index (χ2v) is 5.96. The summed E-state index contributed by atoms with van der Waals surface area (Å²) in [5.74, 6) is 0.124. The van der Waals surface area contributed by atoms with E-state index in [0.29, 0.717) is 19.5 Å². The Morgan fingerprint density at radius 1 is 1.26 bits per heavy atom. The molecule has 1 aliphatic heterocycles. The molecule has 0 fully saturated rings. The molecule has 2 heterocycles. The maximum absolute atomic E-state index is 12.2. The van der Waals surface area contributed by atoms with E-state index in [1.54, 1.807) is 0 Å². The summed E-state index contributed by atoms with van der Waals surface area (Å²) in [4.78, 5) is 3.76. The molecule has 8 heteroatoms. The van der Waals surface area contributed by atoms with Crippen LogP contribution in [0.1, 0.15) is 11.1 Å². The molecule has 3 rings (SSSR count). The molecule has 0 spiro atoms. The minimum Gasteiger partial charge on any atom is -0.245 e. The molecule has 0 amide bonds. The zero-order chi connectivity index (χ0) is 13.3. The zero-order valence-electron chi connectivity index (χ0n) is 10.1. The highest BCUT2D eigenvalue weighted by atomic mass is 32.2. The molecule has 7 nitrogen and oxygen atoms in total. The van der Waals surface area contributed by atoms with Crippen LogP contribution in [0.2, 0.25) is 0 Å². The first-order valence-corrected chi connectivity index (χ1v) is 7.29. The fraction of sp³-hybridized carbons (Fsp3) is 0.273. The van der Waals surface area contributed by atoms with Crippen LogP contribution >= 0.6 is 0 Å². The normalized spacial score (nSPS) is 16.0. The zero-order valence-corrected chi connectivity index (χ0v) is 10.9. The van der Waals surface area contributed by atoms with Crippen molar-refractivity contribution in [1.82, 2.24) is 19.5 Å². The molecule has 0 atom stereocenters. The number of benzene rings is 1. The third-order valence-corrected chi connectivity index (χ3v) is 4.52. The molecule has 19 heavy (non-hydrogen) atoms. The maximum Gasteiger partial charge on any atom is 0.304 e. The summed E-state index contributed by atoms with van der Waals surface area (Å²) in [7, 11) is -3.60. The van der Waals surface area contributed by atoms with E-state index in [0.717, 1.165) is 5.56 Å². The van der Waals surface area contributed by atoms with Gasteiger partial charge < -0.3 is 0 Å². The minimum absolute atomic E-state index is 0.124.